The van der Waals surface area contributed by atoms with Crippen molar-refractivity contribution in [1.29, 1.82) is 0 Å². The molecule has 5 heteroatoms. The predicted octanol–water partition coefficient (Wildman–Crippen LogP) is 3.20. The summed E-state index contributed by atoms with van der Waals surface area (Å²) in [5.74, 6) is 0.959. The van der Waals surface area contributed by atoms with E-state index in [0.29, 0.717) is 23.7 Å². The maximum Gasteiger partial charge on any atom is 0.194 e. The summed E-state index contributed by atoms with van der Waals surface area (Å²) in [6, 6.07) is 8.13. The molecule has 0 saturated carbocycles. The highest BCUT2D eigenvalue weighted by atomic mass is 32.2. The van der Waals surface area contributed by atoms with Crippen molar-refractivity contribution in [2.75, 3.05) is 12.9 Å². The van der Waals surface area contributed by atoms with Crippen LogP contribution in [0.3, 0.4) is 0 Å². The van der Waals surface area contributed by atoms with E-state index in [1.807, 2.05) is 32.0 Å². The first-order chi connectivity index (χ1) is 9.65. The number of ether oxygens (including phenoxy) is 1. The molecular weight excluding hydrogens is 272 g/mol. The molecule has 0 spiro atoms. The summed E-state index contributed by atoms with van der Waals surface area (Å²) in [4.78, 5) is 13.5. The molecule has 0 atom stereocenters. The lowest BCUT2D eigenvalue weighted by atomic mass is 10.2. The van der Waals surface area contributed by atoms with Gasteiger partial charge in [0.25, 0.3) is 0 Å². The van der Waals surface area contributed by atoms with E-state index >= 15 is 0 Å². The lowest BCUT2D eigenvalue weighted by Crippen LogP contribution is -2.12. The van der Waals surface area contributed by atoms with Crippen molar-refractivity contribution in [2.45, 2.75) is 25.3 Å². The number of nitrogens with zero attached hydrogens (tertiary/aromatic N) is 2. The van der Waals surface area contributed by atoms with E-state index in [-0.39, 0.29) is 5.78 Å². The van der Waals surface area contributed by atoms with Crippen LogP contribution < -0.4 is 4.74 Å². The second-order valence-electron chi connectivity index (χ2n) is 4.41. The second kappa shape index (κ2) is 6.61. The first kappa shape index (κ1) is 14.7. The lowest BCUT2D eigenvalue weighted by molar-refractivity contribution is 0.100. The Kier molecular flexibility index (Phi) is 4.84. The van der Waals surface area contributed by atoms with E-state index in [0.717, 1.165) is 4.90 Å². The molecule has 106 valence electrons. The Morgan fingerprint density at radius 1 is 1.45 bits per heavy atom. The Labute approximate surface area is 123 Å². The van der Waals surface area contributed by atoms with Gasteiger partial charge in [0, 0.05) is 11.4 Å². The summed E-state index contributed by atoms with van der Waals surface area (Å²) in [5, 5.41) is 4.16. The van der Waals surface area contributed by atoms with Crippen molar-refractivity contribution in [3.05, 3.63) is 41.7 Å². The summed E-state index contributed by atoms with van der Waals surface area (Å²) in [6.45, 7) is 4.65. The Morgan fingerprint density at radius 2 is 2.25 bits per heavy atom. The molecule has 0 N–H and O–H groups in total. The van der Waals surface area contributed by atoms with Gasteiger partial charge < -0.3 is 4.74 Å². The minimum Gasteiger partial charge on any atom is -0.493 e. The number of ketones is 1. The molecule has 1 aromatic carbocycles. The van der Waals surface area contributed by atoms with Crippen molar-refractivity contribution < 1.29 is 9.53 Å². The Balaban J connectivity index is 2.10. The van der Waals surface area contributed by atoms with Crippen LogP contribution in [0.25, 0.3) is 0 Å². The normalized spacial score (nSPS) is 10.6. The third-order valence-electron chi connectivity index (χ3n) is 2.95. The first-order valence-corrected chi connectivity index (χ1v) is 7.46. The molecule has 0 amide bonds. The molecule has 0 saturated heterocycles. The van der Waals surface area contributed by atoms with Gasteiger partial charge >= 0.3 is 0 Å². The zero-order valence-corrected chi connectivity index (χ0v) is 12.7. The molecule has 1 aromatic heterocycles. The van der Waals surface area contributed by atoms with Crippen molar-refractivity contribution in [3.8, 4) is 5.75 Å². The van der Waals surface area contributed by atoms with Gasteiger partial charge in [-0.1, -0.05) is 17.7 Å². The van der Waals surface area contributed by atoms with E-state index in [2.05, 4.69) is 11.2 Å². The number of benzene rings is 1. The molecule has 0 bridgehead atoms. The molecule has 4 nitrogen and oxygen atoms in total. The standard InChI is InChI=1S/C15H18N2O2S/c1-4-17-15(14(19-3)9-16-17)13(18)10-20-12-7-5-6-11(2)8-12/h5-9H,4,10H2,1-3H3. The average Bonchev–Trinajstić information content (AvgIpc) is 2.88. The minimum absolute atomic E-state index is 0.0349. The monoisotopic (exact) mass is 290 g/mol. The summed E-state index contributed by atoms with van der Waals surface area (Å²) < 4.78 is 6.89. The van der Waals surface area contributed by atoms with Gasteiger partial charge in [-0.25, -0.2) is 0 Å². The van der Waals surface area contributed by atoms with Crippen LogP contribution in [0.5, 0.6) is 5.75 Å². The van der Waals surface area contributed by atoms with Gasteiger partial charge in [0.2, 0.25) is 0 Å². The zero-order valence-electron chi connectivity index (χ0n) is 11.9. The topological polar surface area (TPSA) is 44.1 Å². The predicted molar refractivity (Wildman–Crippen MR) is 80.7 cm³/mol. The van der Waals surface area contributed by atoms with Crippen molar-refractivity contribution >= 4 is 17.5 Å². The van der Waals surface area contributed by atoms with Gasteiger partial charge in [-0.2, -0.15) is 5.10 Å². The molecule has 0 radical (unpaired) electrons. The van der Waals surface area contributed by atoms with E-state index in [1.54, 1.807) is 18.0 Å². The highest BCUT2D eigenvalue weighted by Crippen LogP contribution is 2.23. The Morgan fingerprint density at radius 3 is 2.90 bits per heavy atom. The maximum absolute atomic E-state index is 12.4. The van der Waals surface area contributed by atoms with E-state index in [4.69, 9.17) is 4.74 Å². The van der Waals surface area contributed by atoms with Gasteiger partial charge in [0.05, 0.1) is 19.1 Å². The van der Waals surface area contributed by atoms with Gasteiger partial charge in [-0.3, -0.25) is 9.48 Å². The number of thioether (sulfide) groups is 1. The van der Waals surface area contributed by atoms with Crippen molar-refractivity contribution in [3.63, 3.8) is 0 Å². The highest BCUT2D eigenvalue weighted by molar-refractivity contribution is 8.00. The third-order valence-corrected chi connectivity index (χ3v) is 3.94. The first-order valence-electron chi connectivity index (χ1n) is 6.48. The van der Waals surface area contributed by atoms with Crippen molar-refractivity contribution in [2.24, 2.45) is 0 Å². The van der Waals surface area contributed by atoms with Gasteiger partial charge in [0.15, 0.2) is 11.5 Å². The fourth-order valence-electron chi connectivity index (χ4n) is 1.96. The van der Waals surface area contributed by atoms with Crippen LogP contribution in [0.1, 0.15) is 23.0 Å². The number of rotatable bonds is 6. The number of aryl methyl sites for hydroxylation is 2. The maximum atomic E-state index is 12.4. The Bertz CT molecular complexity index is 586. The van der Waals surface area contributed by atoms with Crippen LogP contribution in [0.2, 0.25) is 0 Å². The molecule has 0 aliphatic carbocycles. The molecule has 2 rings (SSSR count). The summed E-state index contributed by atoms with van der Waals surface area (Å²) in [7, 11) is 1.56. The number of hydrogen-bond acceptors (Lipinski definition) is 4. The summed E-state index contributed by atoms with van der Waals surface area (Å²) in [6.07, 6.45) is 1.59. The Hall–Kier alpha value is -1.75. The molecule has 0 fully saturated rings. The number of methoxy groups -OCH3 is 1. The number of carbonyl (C=O) groups excluding carboxylic acids is 1. The number of carbonyl (C=O) groups is 1. The van der Waals surface area contributed by atoms with Crippen LogP contribution in [0.15, 0.2) is 35.4 Å². The average molecular weight is 290 g/mol. The molecular formula is C15H18N2O2S. The van der Waals surface area contributed by atoms with Crippen molar-refractivity contribution in [1.82, 2.24) is 9.78 Å². The molecule has 1 heterocycles. The van der Waals surface area contributed by atoms with Crippen LogP contribution in [0.4, 0.5) is 0 Å². The number of hydrogen-bond donors (Lipinski definition) is 0. The quantitative estimate of drug-likeness (QED) is 0.605. The number of Topliss-reactive ketones (excluding diaryl/α,β-unsaturated/α-hetero) is 1. The number of aromatic nitrogens is 2. The molecule has 2 aromatic rings. The minimum atomic E-state index is 0.0349. The SMILES string of the molecule is CCn1ncc(OC)c1C(=O)CSc1cccc(C)c1. The summed E-state index contributed by atoms with van der Waals surface area (Å²) in [5.41, 5.74) is 1.74. The van der Waals surface area contributed by atoms with Crippen LogP contribution in [0, 0.1) is 6.92 Å². The van der Waals surface area contributed by atoms with Crippen LogP contribution >= 0.6 is 11.8 Å². The smallest absolute Gasteiger partial charge is 0.194 e. The zero-order chi connectivity index (χ0) is 14.5. The fraction of sp³-hybridized carbons (Fsp3) is 0.333. The summed E-state index contributed by atoms with van der Waals surface area (Å²) >= 11 is 1.53. The lowest BCUT2D eigenvalue weighted by Gasteiger charge is -2.06. The second-order valence-corrected chi connectivity index (χ2v) is 5.45. The highest BCUT2D eigenvalue weighted by Gasteiger charge is 2.18. The van der Waals surface area contributed by atoms with Gasteiger partial charge in [0.1, 0.15) is 5.69 Å². The molecule has 0 unspecified atom stereocenters. The van der Waals surface area contributed by atoms with Gasteiger partial charge in [-0.15, -0.1) is 11.8 Å². The third kappa shape index (κ3) is 3.22. The molecule has 0 aliphatic heterocycles. The van der Waals surface area contributed by atoms with E-state index < -0.39 is 0 Å². The van der Waals surface area contributed by atoms with Gasteiger partial charge in [-0.05, 0) is 26.0 Å². The van der Waals surface area contributed by atoms with E-state index in [9.17, 15) is 4.79 Å². The van der Waals surface area contributed by atoms with Crippen LogP contribution in [-0.4, -0.2) is 28.4 Å². The largest absolute Gasteiger partial charge is 0.493 e. The fourth-order valence-corrected chi connectivity index (χ4v) is 2.84. The van der Waals surface area contributed by atoms with E-state index in [1.165, 1.54) is 17.3 Å². The molecule has 20 heavy (non-hydrogen) atoms. The van der Waals surface area contributed by atoms with Crippen LogP contribution in [-0.2, 0) is 6.54 Å². The molecule has 0 aliphatic rings.